The smallest absolute Gasteiger partial charge is 0.357 e. The van der Waals surface area contributed by atoms with Crippen molar-refractivity contribution >= 4 is 16.9 Å². The first-order valence-electron chi connectivity index (χ1n) is 8.65. The number of pyridine rings is 1. The first-order chi connectivity index (χ1) is 12.8. The molecule has 0 saturated heterocycles. The lowest BCUT2D eigenvalue weighted by Gasteiger charge is -2.09. The summed E-state index contributed by atoms with van der Waals surface area (Å²) in [6.45, 7) is 3.18. The first kappa shape index (κ1) is 17.7. The van der Waals surface area contributed by atoms with Crippen molar-refractivity contribution in [3.63, 3.8) is 0 Å². The molecule has 3 aromatic rings. The fourth-order valence-electron chi connectivity index (χ4n) is 2.40. The Morgan fingerprint density at radius 1 is 0.846 bits per heavy atom. The van der Waals surface area contributed by atoms with Gasteiger partial charge in [-0.25, -0.2) is 9.78 Å². The number of carbonyl (C=O) groups excluding carboxylic acids is 1. The Balaban J connectivity index is 1.45. The predicted molar refractivity (Wildman–Crippen MR) is 99.7 cm³/mol. The van der Waals surface area contributed by atoms with Gasteiger partial charge in [0.2, 0.25) is 0 Å². The van der Waals surface area contributed by atoms with Crippen molar-refractivity contribution in [2.24, 2.45) is 0 Å². The minimum atomic E-state index is -0.456. The van der Waals surface area contributed by atoms with Crippen LogP contribution in [0, 0.1) is 0 Å². The summed E-state index contributed by atoms with van der Waals surface area (Å²) in [5, 5.41) is 0.985. The second-order valence-corrected chi connectivity index (χ2v) is 5.69. The molecule has 3 rings (SSSR count). The van der Waals surface area contributed by atoms with Gasteiger partial charge in [0.25, 0.3) is 0 Å². The van der Waals surface area contributed by atoms with Crippen molar-refractivity contribution in [2.45, 2.75) is 13.3 Å². The highest BCUT2D eigenvalue weighted by molar-refractivity contribution is 5.90. The Labute approximate surface area is 152 Å². The van der Waals surface area contributed by atoms with E-state index in [1.165, 1.54) is 0 Å². The Bertz CT molecular complexity index is 861. The lowest BCUT2D eigenvalue weighted by atomic mass is 10.2. The molecule has 0 N–H and O–H groups in total. The highest BCUT2D eigenvalue weighted by Crippen LogP contribution is 2.17. The number of benzene rings is 2. The van der Waals surface area contributed by atoms with Crippen LogP contribution < -0.4 is 9.47 Å². The van der Waals surface area contributed by atoms with Crippen molar-refractivity contribution in [3.05, 3.63) is 66.4 Å². The van der Waals surface area contributed by atoms with Crippen molar-refractivity contribution in [1.29, 1.82) is 0 Å². The van der Waals surface area contributed by atoms with E-state index < -0.39 is 5.97 Å². The second kappa shape index (κ2) is 8.85. The summed E-state index contributed by atoms with van der Waals surface area (Å²) in [6.07, 6.45) is 0.968. The van der Waals surface area contributed by atoms with Gasteiger partial charge in [-0.3, -0.25) is 0 Å². The van der Waals surface area contributed by atoms with Gasteiger partial charge in [-0.2, -0.15) is 0 Å². The van der Waals surface area contributed by atoms with E-state index in [9.17, 15) is 4.79 Å². The minimum Gasteiger partial charge on any atom is -0.494 e. The van der Waals surface area contributed by atoms with Crippen LogP contribution in [0.2, 0.25) is 0 Å². The van der Waals surface area contributed by atoms with Gasteiger partial charge in [0.1, 0.15) is 30.4 Å². The summed E-state index contributed by atoms with van der Waals surface area (Å²) in [6, 6.07) is 18.5. The van der Waals surface area contributed by atoms with Crippen molar-refractivity contribution in [1.82, 2.24) is 4.98 Å². The standard InChI is InChI=1S/C21H21NO4/c1-2-13-24-17-8-10-18(11-9-17)25-14-15-26-21(23)20-12-7-16-5-3-4-6-19(16)22-20/h3-12H,2,13-15H2,1H3. The van der Waals surface area contributed by atoms with E-state index in [0.29, 0.717) is 18.1 Å². The van der Waals surface area contributed by atoms with Gasteiger partial charge < -0.3 is 14.2 Å². The molecular weight excluding hydrogens is 330 g/mol. The molecular formula is C21H21NO4. The molecule has 0 saturated carbocycles. The van der Waals surface area contributed by atoms with Crippen LogP contribution in [-0.4, -0.2) is 30.8 Å². The Hall–Kier alpha value is -3.08. The largest absolute Gasteiger partial charge is 0.494 e. The number of nitrogens with zero attached hydrogens (tertiary/aromatic N) is 1. The van der Waals surface area contributed by atoms with Crippen molar-refractivity contribution in [3.8, 4) is 11.5 Å². The fraction of sp³-hybridized carbons (Fsp3) is 0.238. The van der Waals surface area contributed by atoms with Crippen LogP contribution in [-0.2, 0) is 4.74 Å². The number of hydrogen-bond acceptors (Lipinski definition) is 5. The third-order valence-electron chi connectivity index (χ3n) is 3.69. The highest BCUT2D eigenvalue weighted by Gasteiger charge is 2.09. The molecule has 0 spiro atoms. The molecule has 0 aliphatic heterocycles. The molecule has 1 aromatic heterocycles. The van der Waals surface area contributed by atoms with Crippen LogP contribution in [0.3, 0.4) is 0 Å². The van der Waals surface area contributed by atoms with E-state index >= 15 is 0 Å². The number of para-hydroxylation sites is 1. The molecule has 2 aromatic carbocycles. The number of hydrogen-bond donors (Lipinski definition) is 0. The summed E-state index contributed by atoms with van der Waals surface area (Å²) in [7, 11) is 0. The van der Waals surface area contributed by atoms with E-state index in [4.69, 9.17) is 14.2 Å². The summed E-state index contributed by atoms with van der Waals surface area (Å²) in [5.41, 5.74) is 1.06. The molecule has 0 aliphatic rings. The van der Waals surface area contributed by atoms with E-state index in [-0.39, 0.29) is 13.2 Å². The average molecular weight is 351 g/mol. The number of fused-ring (bicyclic) bond motifs is 1. The molecule has 0 fully saturated rings. The number of ether oxygens (including phenoxy) is 3. The molecule has 5 heteroatoms. The van der Waals surface area contributed by atoms with Gasteiger partial charge in [-0.15, -0.1) is 0 Å². The normalized spacial score (nSPS) is 10.5. The van der Waals surface area contributed by atoms with Crippen LogP contribution in [0.15, 0.2) is 60.7 Å². The SMILES string of the molecule is CCCOc1ccc(OCCOC(=O)c2ccc3ccccc3n2)cc1. The average Bonchev–Trinajstić information content (AvgIpc) is 2.70. The van der Waals surface area contributed by atoms with Crippen LogP contribution in [0.1, 0.15) is 23.8 Å². The molecule has 0 amide bonds. The summed E-state index contributed by atoms with van der Waals surface area (Å²) < 4.78 is 16.3. The highest BCUT2D eigenvalue weighted by atomic mass is 16.6. The maximum atomic E-state index is 12.1. The third kappa shape index (κ3) is 4.72. The number of esters is 1. The number of carbonyl (C=O) groups is 1. The molecule has 0 atom stereocenters. The maximum absolute atomic E-state index is 12.1. The molecule has 26 heavy (non-hydrogen) atoms. The lowest BCUT2D eigenvalue weighted by Crippen LogP contribution is -2.13. The van der Waals surface area contributed by atoms with Gasteiger partial charge in [-0.1, -0.05) is 31.2 Å². The molecule has 1 heterocycles. The van der Waals surface area contributed by atoms with Crippen LogP contribution in [0.25, 0.3) is 10.9 Å². The fourth-order valence-corrected chi connectivity index (χ4v) is 2.40. The van der Waals surface area contributed by atoms with E-state index in [0.717, 1.165) is 23.1 Å². The van der Waals surface area contributed by atoms with E-state index in [2.05, 4.69) is 11.9 Å². The molecule has 0 radical (unpaired) electrons. The van der Waals surface area contributed by atoms with E-state index in [1.54, 1.807) is 6.07 Å². The Kier molecular flexibility index (Phi) is 6.04. The molecule has 134 valence electrons. The minimum absolute atomic E-state index is 0.154. The van der Waals surface area contributed by atoms with Crippen LogP contribution in [0.4, 0.5) is 0 Å². The summed E-state index contributed by atoms with van der Waals surface area (Å²) in [5.74, 6) is 1.06. The zero-order valence-electron chi connectivity index (χ0n) is 14.7. The predicted octanol–water partition coefficient (Wildman–Crippen LogP) is 4.26. The molecule has 0 unspecified atom stereocenters. The van der Waals surface area contributed by atoms with Crippen LogP contribution >= 0.6 is 0 Å². The second-order valence-electron chi connectivity index (χ2n) is 5.69. The molecule has 0 aliphatic carbocycles. The maximum Gasteiger partial charge on any atom is 0.357 e. The van der Waals surface area contributed by atoms with Gasteiger partial charge in [0.15, 0.2) is 0 Å². The van der Waals surface area contributed by atoms with Crippen LogP contribution in [0.5, 0.6) is 11.5 Å². The zero-order chi connectivity index (χ0) is 18.2. The topological polar surface area (TPSA) is 57.7 Å². The number of aromatic nitrogens is 1. The lowest BCUT2D eigenvalue weighted by molar-refractivity contribution is 0.0444. The Morgan fingerprint density at radius 2 is 1.54 bits per heavy atom. The quantitative estimate of drug-likeness (QED) is 0.448. The van der Waals surface area contributed by atoms with Gasteiger partial charge in [0, 0.05) is 5.39 Å². The summed E-state index contributed by atoms with van der Waals surface area (Å²) >= 11 is 0. The molecule has 5 nitrogen and oxygen atoms in total. The van der Waals surface area contributed by atoms with Crippen molar-refractivity contribution in [2.75, 3.05) is 19.8 Å². The van der Waals surface area contributed by atoms with Gasteiger partial charge in [-0.05, 0) is 42.8 Å². The van der Waals surface area contributed by atoms with Gasteiger partial charge in [0.05, 0.1) is 12.1 Å². The van der Waals surface area contributed by atoms with E-state index in [1.807, 2.05) is 54.6 Å². The molecule has 0 bridgehead atoms. The third-order valence-corrected chi connectivity index (χ3v) is 3.69. The monoisotopic (exact) mass is 351 g/mol. The zero-order valence-corrected chi connectivity index (χ0v) is 14.7. The number of rotatable bonds is 8. The first-order valence-corrected chi connectivity index (χ1v) is 8.65. The van der Waals surface area contributed by atoms with Crippen molar-refractivity contribution < 1.29 is 19.0 Å². The Morgan fingerprint density at radius 3 is 2.27 bits per heavy atom. The van der Waals surface area contributed by atoms with Gasteiger partial charge >= 0.3 is 5.97 Å². The summed E-state index contributed by atoms with van der Waals surface area (Å²) in [4.78, 5) is 16.4.